The molecule has 24 heavy (non-hydrogen) atoms. The van der Waals surface area contributed by atoms with E-state index < -0.39 is 0 Å². The summed E-state index contributed by atoms with van der Waals surface area (Å²) in [4.78, 5) is 16.8. The molecular formula is C17H27Cl2N3O2. The molecule has 0 radical (unpaired) electrons. The van der Waals surface area contributed by atoms with E-state index in [4.69, 9.17) is 10.5 Å². The highest BCUT2D eigenvalue weighted by atomic mass is 35.5. The standard InChI is InChI=1S/C17H25N3O2.2ClH/c1-17(12-18)6-7-20(13-17)16(21)14-2-4-15(5-3-14)19-8-10-22-11-9-19;;/h2-5H,6-13,18H2,1H3;2*1H. The Kier molecular flexibility index (Phi) is 7.80. The molecule has 0 aliphatic carbocycles. The molecule has 0 spiro atoms. The zero-order valence-corrected chi connectivity index (χ0v) is 15.7. The molecule has 1 amide bonds. The van der Waals surface area contributed by atoms with E-state index in [2.05, 4.69) is 11.8 Å². The second-order valence-corrected chi connectivity index (χ2v) is 6.64. The van der Waals surface area contributed by atoms with Crippen molar-refractivity contribution in [3.63, 3.8) is 0 Å². The summed E-state index contributed by atoms with van der Waals surface area (Å²) in [7, 11) is 0. The van der Waals surface area contributed by atoms with Crippen molar-refractivity contribution in [3.8, 4) is 0 Å². The monoisotopic (exact) mass is 375 g/mol. The van der Waals surface area contributed by atoms with Crippen LogP contribution in [0.3, 0.4) is 0 Å². The number of anilines is 1. The topological polar surface area (TPSA) is 58.8 Å². The quantitative estimate of drug-likeness (QED) is 0.879. The summed E-state index contributed by atoms with van der Waals surface area (Å²) in [5.41, 5.74) is 7.81. The van der Waals surface area contributed by atoms with Crippen LogP contribution in [0.15, 0.2) is 24.3 Å². The van der Waals surface area contributed by atoms with Crippen molar-refractivity contribution >= 4 is 36.4 Å². The van der Waals surface area contributed by atoms with Gasteiger partial charge in [0.1, 0.15) is 0 Å². The fourth-order valence-electron chi connectivity index (χ4n) is 3.18. The molecule has 2 N–H and O–H groups in total. The fourth-order valence-corrected chi connectivity index (χ4v) is 3.18. The van der Waals surface area contributed by atoms with Gasteiger partial charge in [-0.15, -0.1) is 24.8 Å². The highest BCUT2D eigenvalue weighted by Gasteiger charge is 2.35. The maximum Gasteiger partial charge on any atom is 0.253 e. The maximum atomic E-state index is 12.6. The number of ether oxygens (including phenoxy) is 1. The van der Waals surface area contributed by atoms with Gasteiger partial charge in [-0.2, -0.15) is 0 Å². The summed E-state index contributed by atoms with van der Waals surface area (Å²) in [5.74, 6) is 0.116. The van der Waals surface area contributed by atoms with Gasteiger partial charge < -0.3 is 20.3 Å². The first kappa shape index (κ1) is 21.0. The molecule has 2 aliphatic rings. The minimum Gasteiger partial charge on any atom is -0.378 e. The number of nitrogens with two attached hydrogens (primary N) is 1. The minimum absolute atomic E-state index is 0. The lowest BCUT2D eigenvalue weighted by molar-refractivity contribution is 0.0777. The highest BCUT2D eigenvalue weighted by molar-refractivity contribution is 5.94. The Balaban J connectivity index is 0.00000144. The third kappa shape index (κ3) is 4.54. The average molecular weight is 376 g/mol. The zero-order chi connectivity index (χ0) is 15.6. The lowest BCUT2D eigenvalue weighted by atomic mass is 9.90. The van der Waals surface area contributed by atoms with E-state index in [1.54, 1.807) is 0 Å². The summed E-state index contributed by atoms with van der Waals surface area (Å²) in [6, 6.07) is 7.95. The van der Waals surface area contributed by atoms with Gasteiger partial charge in [0, 0.05) is 37.4 Å². The lowest BCUT2D eigenvalue weighted by Crippen LogP contribution is -2.36. The van der Waals surface area contributed by atoms with Crippen LogP contribution >= 0.6 is 24.8 Å². The van der Waals surface area contributed by atoms with Gasteiger partial charge in [0.25, 0.3) is 5.91 Å². The molecule has 7 heteroatoms. The van der Waals surface area contributed by atoms with Crippen molar-refractivity contribution in [1.29, 1.82) is 0 Å². The van der Waals surface area contributed by atoms with E-state index in [0.717, 1.165) is 57.1 Å². The second kappa shape index (κ2) is 8.90. The molecule has 2 aliphatic heterocycles. The molecule has 0 aromatic heterocycles. The highest BCUT2D eigenvalue weighted by Crippen LogP contribution is 2.29. The smallest absolute Gasteiger partial charge is 0.253 e. The van der Waals surface area contributed by atoms with Gasteiger partial charge >= 0.3 is 0 Å². The first-order valence-corrected chi connectivity index (χ1v) is 8.03. The number of morpholine rings is 1. The molecule has 5 nitrogen and oxygen atoms in total. The van der Waals surface area contributed by atoms with Crippen molar-refractivity contribution < 1.29 is 9.53 Å². The van der Waals surface area contributed by atoms with E-state index in [-0.39, 0.29) is 36.1 Å². The Bertz CT molecular complexity index is 535. The summed E-state index contributed by atoms with van der Waals surface area (Å²) < 4.78 is 5.37. The molecule has 0 bridgehead atoms. The van der Waals surface area contributed by atoms with Crippen molar-refractivity contribution in [2.24, 2.45) is 11.1 Å². The number of benzene rings is 1. The van der Waals surface area contributed by atoms with Crippen LogP contribution in [0.4, 0.5) is 5.69 Å². The zero-order valence-electron chi connectivity index (χ0n) is 14.1. The number of hydrogen-bond acceptors (Lipinski definition) is 4. The molecule has 1 unspecified atom stereocenters. The largest absolute Gasteiger partial charge is 0.378 e. The van der Waals surface area contributed by atoms with Gasteiger partial charge in [0.05, 0.1) is 13.2 Å². The van der Waals surface area contributed by atoms with E-state index in [1.165, 1.54) is 0 Å². The number of likely N-dealkylation sites (tertiary alicyclic amines) is 1. The van der Waals surface area contributed by atoms with Crippen LogP contribution in [0.5, 0.6) is 0 Å². The third-order valence-electron chi connectivity index (χ3n) is 4.83. The summed E-state index contributed by atoms with van der Waals surface area (Å²) in [5, 5.41) is 0. The molecule has 1 atom stereocenters. The van der Waals surface area contributed by atoms with Crippen LogP contribution in [-0.2, 0) is 4.74 Å². The van der Waals surface area contributed by atoms with Crippen LogP contribution < -0.4 is 10.6 Å². The van der Waals surface area contributed by atoms with Gasteiger partial charge in [-0.3, -0.25) is 4.79 Å². The summed E-state index contributed by atoms with van der Waals surface area (Å²) in [6.45, 7) is 7.71. The number of carbonyl (C=O) groups excluding carboxylic acids is 1. The van der Waals surface area contributed by atoms with Crippen LogP contribution in [0, 0.1) is 5.41 Å². The molecule has 2 heterocycles. The van der Waals surface area contributed by atoms with Crippen LogP contribution in [0.25, 0.3) is 0 Å². The molecule has 136 valence electrons. The number of nitrogens with zero attached hydrogens (tertiary/aromatic N) is 2. The van der Waals surface area contributed by atoms with Gasteiger partial charge in [-0.25, -0.2) is 0 Å². The SMILES string of the molecule is CC1(CN)CCN(C(=O)c2ccc(N3CCOCC3)cc2)C1.Cl.Cl. The number of hydrogen-bond donors (Lipinski definition) is 1. The van der Waals surface area contributed by atoms with Crippen molar-refractivity contribution in [2.45, 2.75) is 13.3 Å². The Morgan fingerprint density at radius 1 is 1.17 bits per heavy atom. The van der Waals surface area contributed by atoms with Gasteiger partial charge in [-0.1, -0.05) is 6.92 Å². The van der Waals surface area contributed by atoms with Crippen molar-refractivity contribution in [1.82, 2.24) is 4.90 Å². The summed E-state index contributed by atoms with van der Waals surface area (Å²) >= 11 is 0. The first-order valence-electron chi connectivity index (χ1n) is 8.03. The third-order valence-corrected chi connectivity index (χ3v) is 4.83. The van der Waals surface area contributed by atoms with Crippen LogP contribution in [-0.4, -0.2) is 56.7 Å². The maximum absolute atomic E-state index is 12.6. The van der Waals surface area contributed by atoms with E-state index >= 15 is 0 Å². The second-order valence-electron chi connectivity index (χ2n) is 6.64. The molecule has 0 saturated carbocycles. The van der Waals surface area contributed by atoms with Crippen LogP contribution in [0.1, 0.15) is 23.7 Å². The molecular weight excluding hydrogens is 349 g/mol. The Hall–Kier alpha value is -1.01. The molecule has 2 saturated heterocycles. The Labute approximate surface area is 156 Å². The first-order chi connectivity index (χ1) is 10.6. The van der Waals surface area contributed by atoms with Crippen molar-refractivity contribution in [2.75, 3.05) is 50.8 Å². The van der Waals surface area contributed by atoms with E-state index in [9.17, 15) is 4.79 Å². The number of carbonyl (C=O) groups is 1. The van der Waals surface area contributed by atoms with E-state index in [0.29, 0.717) is 6.54 Å². The van der Waals surface area contributed by atoms with Gasteiger partial charge in [0.15, 0.2) is 0 Å². The predicted octanol–water partition coefficient (Wildman–Crippen LogP) is 2.18. The normalized spacial score (nSPS) is 23.4. The minimum atomic E-state index is 0. The molecule has 1 aromatic rings. The Morgan fingerprint density at radius 2 is 1.79 bits per heavy atom. The molecule has 3 rings (SSSR count). The number of amides is 1. The molecule has 1 aromatic carbocycles. The van der Waals surface area contributed by atoms with Crippen molar-refractivity contribution in [3.05, 3.63) is 29.8 Å². The average Bonchev–Trinajstić information content (AvgIpc) is 2.98. The van der Waals surface area contributed by atoms with Crippen LogP contribution in [0.2, 0.25) is 0 Å². The Morgan fingerprint density at radius 3 is 2.33 bits per heavy atom. The fraction of sp³-hybridized carbons (Fsp3) is 0.588. The lowest BCUT2D eigenvalue weighted by Gasteiger charge is -2.29. The number of halogens is 2. The van der Waals surface area contributed by atoms with Gasteiger partial charge in [0.2, 0.25) is 0 Å². The predicted molar refractivity (Wildman–Crippen MR) is 102 cm³/mol. The summed E-state index contributed by atoms with van der Waals surface area (Å²) in [6.07, 6.45) is 0.987. The van der Waals surface area contributed by atoms with Gasteiger partial charge in [-0.05, 0) is 42.6 Å². The number of rotatable bonds is 3. The molecule has 2 fully saturated rings. The van der Waals surface area contributed by atoms with E-state index in [1.807, 2.05) is 29.2 Å².